The Morgan fingerprint density at radius 2 is 1.88 bits per heavy atom. The van der Waals surface area contributed by atoms with Crippen LogP contribution in [0, 0.1) is 13.8 Å². The standard InChI is InChI=1S/C25H25N7O/c1-4-17(29-23-21-22(28-13-27-21)30-25(26)31-23)19-12-16-10-7-9-15(3)20(16)24(33)32(19)18-11-6-5-8-14(18)2/h5-13,17H,4H2,1-3H3,(H4,26,27,28,29,30,31)/t17-/m0/s1. The van der Waals surface area contributed by atoms with E-state index in [4.69, 9.17) is 5.73 Å². The van der Waals surface area contributed by atoms with E-state index in [0.717, 1.165) is 33.3 Å². The van der Waals surface area contributed by atoms with Crippen LogP contribution in [-0.4, -0.2) is 24.5 Å². The van der Waals surface area contributed by atoms with Gasteiger partial charge >= 0.3 is 0 Å². The predicted molar refractivity (Wildman–Crippen MR) is 132 cm³/mol. The van der Waals surface area contributed by atoms with Gasteiger partial charge < -0.3 is 16.0 Å². The summed E-state index contributed by atoms with van der Waals surface area (Å²) in [5.74, 6) is 0.674. The number of aryl methyl sites for hydroxylation is 2. The second-order valence-electron chi connectivity index (χ2n) is 8.17. The molecule has 8 heteroatoms. The van der Waals surface area contributed by atoms with Crippen LogP contribution in [0.2, 0.25) is 0 Å². The molecule has 0 aliphatic carbocycles. The summed E-state index contributed by atoms with van der Waals surface area (Å²) in [6, 6.07) is 15.7. The van der Waals surface area contributed by atoms with Gasteiger partial charge in [0.25, 0.3) is 5.56 Å². The minimum absolute atomic E-state index is 0.0396. The Morgan fingerprint density at radius 1 is 1.09 bits per heavy atom. The van der Waals surface area contributed by atoms with Gasteiger partial charge in [-0.3, -0.25) is 9.36 Å². The molecule has 1 atom stereocenters. The number of hydrogen-bond acceptors (Lipinski definition) is 6. The summed E-state index contributed by atoms with van der Waals surface area (Å²) >= 11 is 0. The summed E-state index contributed by atoms with van der Waals surface area (Å²) < 4.78 is 1.82. The molecule has 2 aromatic carbocycles. The average Bonchev–Trinajstić information content (AvgIpc) is 3.26. The molecule has 33 heavy (non-hydrogen) atoms. The van der Waals surface area contributed by atoms with Crippen LogP contribution in [0.3, 0.4) is 0 Å². The van der Waals surface area contributed by atoms with E-state index < -0.39 is 0 Å². The van der Waals surface area contributed by atoms with Crippen LogP contribution < -0.4 is 16.6 Å². The van der Waals surface area contributed by atoms with Gasteiger partial charge in [-0.25, -0.2) is 4.98 Å². The Bertz CT molecular complexity index is 1550. The Morgan fingerprint density at radius 3 is 2.67 bits per heavy atom. The largest absolute Gasteiger partial charge is 0.368 e. The lowest BCUT2D eigenvalue weighted by atomic mass is 10.0. The molecule has 0 saturated carbocycles. The van der Waals surface area contributed by atoms with Crippen molar-refractivity contribution in [3.05, 3.63) is 82.0 Å². The van der Waals surface area contributed by atoms with E-state index in [1.54, 1.807) is 6.33 Å². The van der Waals surface area contributed by atoms with Crippen molar-refractivity contribution in [3.63, 3.8) is 0 Å². The fourth-order valence-corrected chi connectivity index (χ4v) is 4.38. The maximum Gasteiger partial charge on any atom is 0.263 e. The number of hydrogen-bond donors (Lipinski definition) is 3. The van der Waals surface area contributed by atoms with E-state index in [-0.39, 0.29) is 17.5 Å². The number of benzene rings is 2. The van der Waals surface area contributed by atoms with Crippen LogP contribution in [0.1, 0.15) is 36.2 Å². The Labute approximate surface area is 190 Å². The van der Waals surface area contributed by atoms with Crippen molar-refractivity contribution < 1.29 is 0 Å². The van der Waals surface area contributed by atoms with Crippen LogP contribution in [0.15, 0.2) is 59.7 Å². The van der Waals surface area contributed by atoms with Gasteiger partial charge in [0.15, 0.2) is 11.5 Å². The van der Waals surface area contributed by atoms with Crippen molar-refractivity contribution in [2.45, 2.75) is 33.2 Å². The Kier molecular flexibility index (Phi) is 5.05. The van der Waals surface area contributed by atoms with Gasteiger partial charge in [-0.15, -0.1) is 0 Å². The molecule has 0 aliphatic heterocycles. The van der Waals surface area contributed by atoms with Crippen LogP contribution in [0.4, 0.5) is 11.8 Å². The molecule has 166 valence electrons. The van der Waals surface area contributed by atoms with Gasteiger partial charge in [0.05, 0.1) is 23.4 Å². The first-order chi connectivity index (χ1) is 16.0. The minimum Gasteiger partial charge on any atom is -0.368 e. The van der Waals surface area contributed by atoms with Gasteiger partial charge in [-0.05, 0) is 48.9 Å². The van der Waals surface area contributed by atoms with Crippen LogP contribution in [0.25, 0.3) is 27.6 Å². The molecule has 0 fully saturated rings. The normalized spacial score (nSPS) is 12.3. The lowest BCUT2D eigenvalue weighted by Crippen LogP contribution is -2.27. The molecule has 0 aliphatic rings. The molecule has 5 rings (SSSR count). The van der Waals surface area contributed by atoms with E-state index in [2.05, 4.69) is 38.2 Å². The third-order valence-electron chi connectivity index (χ3n) is 6.01. The number of rotatable bonds is 5. The summed E-state index contributed by atoms with van der Waals surface area (Å²) in [6.07, 6.45) is 2.27. The molecule has 0 unspecified atom stereocenters. The number of aromatic nitrogens is 5. The number of H-pyrrole nitrogens is 1. The zero-order valence-electron chi connectivity index (χ0n) is 18.8. The van der Waals surface area contributed by atoms with Crippen molar-refractivity contribution in [1.82, 2.24) is 24.5 Å². The average molecular weight is 440 g/mol. The predicted octanol–water partition coefficient (Wildman–Crippen LogP) is 4.42. The number of imidazole rings is 1. The number of nitrogens with zero attached hydrogens (tertiary/aromatic N) is 4. The number of fused-ring (bicyclic) bond motifs is 2. The van der Waals surface area contributed by atoms with Gasteiger partial charge in [-0.1, -0.05) is 43.3 Å². The lowest BCUT2D eigenvalue weighted by Gasteiger charge is -2.24. The molecule has 0 bridgehead atoms. The SMILES string of the molecule is CC[C@H](Nc1nc(N)nc2[nH]cnc12)c1cc2cccc(C)c2c(=O)n1-c1ccccc1C. The molecule has 3 aromatic heterocycles. The molecule has 4 N–H and O–H groups in total. The number of para-hydroxylation sites is 1. The van der Waals surface area contributed by atoms with Crippen LogP contribution in [-0.2, 0) is 0 Å². The zero-order chi connectivity index (χ0) is 23.1. The number of pyridine rings is 1. The van der Waals surface area contributed by atoms with E-state index in [1.807, 2.05) is 60.9 Å². The molecule has 0 spiro atoms. The topological polar surface area (TPSA) is 115 Å². The number of nitrogens with two attached hydrogens (primary N) is 1. The molecule has 0 amide bonds. The molecule has 8 nitrogen and oxygen atoms in total. The molecular weight excluding hydrogens is 414 g/mol. The van der Waals surface area contributed by atoms with Gasteiger partial charge in [0.2, 0.25) is 5.95 Å². The van der Waals surface area contributed by atoms with Crippen molar-refractivity contribution in [3.8, 4) is 5.69 Å². The van der Waals surface area contributed by atoms with E-state index >= 15 is 0 Å². The van der Waals surface area contributed by atoms with Crippen LogP contribution in [0.5, 0.6) is 0 Å². The highest BCUT2D eigenvalue weighted by Crippen LogP contribution is 2.29. The molecular formula is C25H25N7O. The Hall–Kier alpha value is -4.20. The summed E-state index contributed by atoms with van der Waals surface area (Å²) in [6.45, 7) is 6.05. The first kappa shape index (κ1) is 20.7. The van der Waals surface area contributed by atoms with Crippen molar-refractivity contribution >= 4 is 33.7 Å². The summed E-state index contributed by atoms with van der Waals surface area (Å²) in [5.41, 5.74) is 10.7. The lowest BCUT2D eigenvalue weighted by molar-refractivity contribution is 0.688. The third kappa shape index (κ3) is 3.49. The zero-order valence-corrected chi connectivity index (χ0v) is 18.8. The molecule has 0 radical (unpaired) electrons. The molecule has 5 aromatic rings. The second kappa shape index (κ2) is 8.05. The monoisotopic (exact) mass is 439 g/mol. The summed E-state index contributed by atoms with van der Waals surface area (Å²) in [5, 5.41) is 5.11. The second-order valence-corrected chi connectivity index (χ2v) is 8.17. The fourth-order valence-electron chi connectivity index (χ4n) is 4.38. The summed E-state index contributed by atoms with van der Waals surface area (Å²) in [4.78, 5) is 29.8. The Balaban J connectivity index is 1.77. The highest BCUT2D eigenvalue weighted by atomic mass is 16.1. The molecule has 3 heterocycles. The van der Waals surface area contributed by atoms with E-state index in [9.17, 15) is 4.79 Å². The third-order valence-corrected chi connectivity index (χ3v) is 6.01. The number of anilines is 2. The first-order valence-corrected chi connectivity index (χ1v) is 10.9. The van der Waals surface area contributed by atoms with E-state index in [1.165, 1.54) is 0 Å². The quantitative estimate of drug-likeness (QED) is 0.373. The van der Waals surface area contributed by atoms with Crippen molar-refractivity contribution in [1.29, 1.82) is 0 Å². The van der Waals surface area contributed by atoms with Crippen molar-refractivity contribution in [2.24, 2.45) is 0 Å². The maximum absolute atomic E-state index is 13.9. The van der Waals surface area contributed by atoms with Gasteiger partial charge in [0.1, 0.15) is 5.52 Å². The first-order valence-electron chi connectivity index (χ1n) is 10.9. The van der Waals surface area contributed by atoms with Gasteiger partial charge in [-0.2, -0.15) is 9.97 Å². The molecule has 0 saturated heterocycles. The van der Waals surface area contributed by atoms with Gasteiger partial charge in [0, 0.05) is 5.69 Å². The number of aromatic amines is 1. The highest BCUT2D eigenvalue weighted by molar-refractivity contribution is 5.86. The minimum atomic E-state index is -0.226. The number of nitrogen functional groups attached to an aromatic ring is 1. The highest BCUT2D eigenvalue weighted by Gasteiger charge is 2.22. The van der Waals surface area contributed by atoms with E-state index in [0.29, 0.717) is 23.4 Å². The van der Waals surface area contributed by atoms with Crippen LogP contribution >= 0.6 is 0 Å². The smallest absolute Gasteiger partial charge is 0.263 e. The fraction of sp³-hybridized carbons (Fsp3) is 0.200. The van der Waals surface area contributed by atoms with Crippen molar-refractivity contribution in [2.75, 3.05) is 11.1 Å². The maximum atomic E-state index is 13.9. The number of nitrogens with one attached hydrogen (secondary N) is 2. The summed E-state index contributed by atoms with van der Waals surface area (Å²) in [7, 11) is 0.